The molecular formula is C34H47ClFN7O2. The third-order valence-electron chi connectivity index (χ3n) is 9.65. The Balaban J connectivity index is 1.08. The number of halogens is 2. The minimum atomic E-state index is -0.692. The fourth-order valence-corrected chi connectivity index (χ4v) is 7.38. The number of hydrogen-bond donors (Lipinski definition) is 2. The van der Waals surface area contributed by atoms with Gasteiger partial charge in [-0.1, -0.05) is 29.8 Å². The van der Waals surface area contributed by atoms with Crippen LogP contribution in [-0.2, 0) is 24.2 Å². The molecule has 3 aliphatic heterocycles. The maximum Gasteiger partial charge on any atom is 0.318 e. The van der Waals surface area contributed by atoms with Crippen LogP contribution in [0.3, 0.4) is 0 Å². The quantitative estimate of drug-likeness (QED) is 0.303. The molecule has 0 saturated carbocycles. The second-order valence-electron chi connectivity index (χ2n) is 12.9. The first-order valence-electron chi connectivity index (χ1n) is 16.8. The lowest BCUT2D eigenvalue weighted by molar-refractivity contribution is -0.121. The fourth-order valence-electron chi connectivity index (χ4n) is 7.06. The first-order valence-corrected chi connectivity index (χ1v) is 17.1. The molecule has 9 nitrogen and oxygen atoms in total. The van der Waals surface area contributed by atoms with E-state index in [2.05, 4.69) is 56.7 Å². The van der Waals surface area contributed by atoms with Gasteiger partial charge in [0, 0.05) is 67.0 Å². The van der Waals surface area contributed by atoms with Crippen LogP contribution in [0.25, 0.3) is 5.03 Å². The second-order valence-corrected chi connectivity index (χ2v) is 13.3. The molecule has 4 heterocycles. The molecule has 1 aromatic carbocycles. The first-order chi connectivity index (χ1) is 21.9. The second kappa shape index (κ2) is 15.1. The zero-order valence-corrected chi connectivity index (χ0v) is 27.3. The number of fused-ring (bicyclic) bond motifs is 2. The molecule has 244 valence electrons. The first kappa shape index (κ1) is 32.0. The van der Waals surface area contributed by atoms with Gasteiger partial charge in [0.25, 0.3) is 0 Å². The zero-order chi connectivity index (χ0) is 31.2. The lowest BCUT2D eigenvalue weighted by atomic mass is 9.94. The summed E-state index contributed by atoms with van der Waals surface area (Å²) in [6.07, 6.45) is 9.34. The number of ether oxygens (including phenoxy) is 1. The van der Waals surface area contributed by atoms with E-state index in [9.17, 15) is 9.18 Å². The standard InChI is InChI=1S/C34H47ClFN7O2/c1-41-17-6-9-26(41)23-45-34-39-29-22-43(30-11-5-8-24-7-4-10-28(35)32(24)30)20-14-27(29)33(40-34)38-16-15-37-31(44)12-2-3-18-42-19-13-25(36)21-42/h5,8,10-11,25-26H,2-4,6-7,9,12-23H2,1H3,(H,37,44)(H,38,39,40). The van der Waals surface area contributed by atoms with Crippen LogP contribution in [-0.4, -0.2) is 97.4 Å². The number of unbranched alkanes of at least 4 members (excludes halogenated alkanes) is 1. The van der Waals surface area contributed by atoms with Gasteiger partial charge in [-0.2, -0.15) is 9.97 Å². The normalized spacial score (nSPS) is 21.8. The van der Waals surface area contributed by atoms with E-state index in [1.165, 1.54) is 12.0 Å². The average molecular weight is 640 g/mol. The average Bonchev–Trinajstić information content (AvgIpc) is 3.66. The van der Waals surface area contributed by atoms with E-state index in [-0.39, 0.29) is 5.91 Å². The minimum Gasteiger partial charge on any atom is -0.462 e. The van der Waals surface area contributed by atoms with Gasteiger partial charge in [-0.25, -0.2) is 4.39 Å². The van der Waals surface area contributed by atoms with Crippen molar-refractivity contribution in [1.82, 2.24) is 25.1 Å². The molecule has 0 spiro atoms. The summed E-state index contributed by atoms with van der Waals surface area (Å²) in [5.41, 5.74) is 5.65. The zero-order valence-electron chi connectivity index (χ0n) is 26.5. The van der Waals surface area contributed by atoms with Crippen LogP contribution in [0.5, 0.6) is 6.01 Å². The number of amides is 1. The highest BCUT2D eigenvalue weighted by molar-refractivity contribution is 6.49. The summed E-state index contributed by atoms with van der Waals surface area (Å²) in [5, 5.41) is 7.34. The van der Waals surface area contributed by atoms with Crippen molar-refractivity contribution in [2.45, 2.75) is 76.5 Å². The van der Waals surface area contributed by atoms with Crippen molar-refractivity contribution in [2.24, 2.45) is 0 Å². The monoisotopic (exact) mass is 639 g/mol. The summed E-state index contributed by atoms with van der Waals surface area (Å²) in [6, 6.07) is 7.23. The molecule has 1 aliphatic carbocycles. The summed E-state index contributed by atoms with van der Waals surface area (Å²) in [5.74, 6) is 0.832. The molecule has 2 atom stereocenters. The number of nitrogens with zero attached hydrogens (tertiary/aromatic N) is 5. The van der Waals surface area contributed by atoms with Gasteiger partial charge in [0.2, 0.25) is 5.91 Å². The Labute approximate surface area is 271 Å². The van der Waals surface area contributed by atoms with Crippen LogP contribution in [0.15, 0.2) is 24.3 Å². The van der Waals surface area contributed by atoms with Gasteiger partial charge < -0.3 is 30.1 Å². The molecule has 2 aromatic rings. The molecule has 0 bridgehead atoms. The van der Waals surface area contributed by atoms with Gasteiger partial charge in [0.05, 0.1) is 12.2 Å². The summed E-state index contributed by atoms with van der Waals surface area (Å²) in [4.78, 5) is 29.0. The Morgan fingerprint density at radius 3 is 2.87 bits per heavy atom. The van der Waals surface area contributed by atoms with Crippen LogP contribution in [0.2, 0.25) is 0 Å². The number of likely N-dealkylation sites (N-methyl/N-ethyl adjacent to an activating group) is 1. The molecule has 6 rings (SSSR count). The molecule has 11 heteroatoms. The Bertz CT molecular complexity index is 1370. The largest absolute Gasteiger partial charge is 0.462 e. The number of carbonyl (C=O) groups excluding carboxylic acids is 1. The van der Waals surface area contributed by atoms with Crippen LogP contribution < -0.4 is 20.3 Å². The van der Waals surface area contributed by atoms with Gasteiger partial charge in [-0.15, -0.1) is 0 Å². The number of rotatable bonds is 13. The number of anilines is 2. The van der Waals surface area contributed by atoms with Gasteiger partial charge in [-0.3, -0.25) is 4.79 Å². The molecular weight excluding hydrogens is 593 g/mol. The van der Waals surface area contributed by atoms with E-state index in [1.807, 2.05) is 0 Å². The summed E-state index contributed by atoms with van der Waals surface area (Å²) in [7, 11) is 2.14. The van der Waals surface area contributed by atoms with Crippen molar-refractivity contribution < 1.29 is 13.9 Å². The Kier molecular flexibility index (Phi) is 10.7. The third kappa shape index (κ3) is 8.07. The molecule has 4 aliphatic rings. The van der Waals surface area contributed by atoms with Crippen LogP contribution in [0.4, 0.5) is 15.9 Å². The molecule has 2 saturated heterocycles. The molecule has 2 N–H and O–H groups in total. The Morgan fingerprint density at radius 2 is 2.04 bits per heavy atom. The number of carbonyl (C=O) groups is 1. The number of alkyl halides is 1. The smallest absolute Gasteiger partial charge is 0.318 e. The predicted molar refractivity (Wildman–Crippen MR) is 178 cm³/mol. The number of aromatic nitrogens is 2. The van der Waals surface area contributed by atoms with E-state index < -0.39 is 6.17 Å². The summed E-state index contributed by atoms with van der Waals surface area (Å²) in [6.45, 7) is 6.41. The van der Waals surface area contributed by atoms with Gasteiger partial charge in [0.15, 0.2) is 0 Å². The van der Waals surface area contributed by atoms with Gasteiger partial charge in [-0.05, 0) is 83.1 Å². The predicted octanol–water partition coefficient (Wildman–Crippen LogP) is 4.78. The van der Waals surface area contributed by atoms with Crippen molar-refractivity contribution in [1.29, 1.82) is 0 Å². The van der Waals surface area contributed by atoms with Crippen molar-refractivity contribution in [3.63, 3.8) is 0 Å². The van der Waals surface area contributed by atoms with Gasteiger partial charge in [0.1, 0.15) is 18.6 Å². The Hall–Kier alpha value is -2.95. The number of nitrogens with one attached hydrogen (secondary N) is 2. The lowest BCUT2D eigenvalue weighted by Crippen LogP contribution is -2.34. The SMILES string of the molecule is CN1CCCC1COc1nc2c(c(NCCNC(=O)CCCCN3CCC(F)C3)n1)CCN(c1cccc3c1C(Cl)=CCC3)C2. The fraction of sp³-hybridized carbons (Fsp3) is 0.618. The van der Waals surface area contributed by atoms with Gasteiger partial charge >= 0.3 is 6.01 Å². The minimum absolute atomic E-state index is 0.0468. The third-order valence-corrected chi connectivity index (χ3v) is 9.99. The van der Waals surface area contributed by atoms with Crippen LogP contribution >= 0.6 is 11.6 Å². The number of likely N-dealkylation sites (tertiary alicyclic amines) is 2. The number of allylic oxidation sites excluding steroid dienone is 1. The highest BCUT2D eigenvalue weighted by Gasteiger charge is 2.28. The van der Waals surface area contributed by atoms with E-state index in [1.54, 1.807) is 0 Å². The van der Waals surface area contributed by atoms with E-state index in [4.69, 9.17) is 26.3 Å². The maximum absolute atomic E-state index is 13.4. The molecule has 1 aromatic heterocycles. The van der Waals surface area contributed by atoms with Crippen LogP contribution in [0.1, 0.15) is 67.3 Å². The number of hydrogen-bond acceptors (Lipinski definition) is 8. The van der Waals surface area contributed by atoms with Crippen LogP contribution in [0, 0.1) is 0 Å². The molecule has 45 heavy (non-hydrogen) atoms. The van der Waals surface area contributed by atoms with Crippen molar-refractivity contribution in [3.8, 4) is 6.01 Å². The molecule has 2 unspecified atom stereocenters. The van der Waals surface area contributed by atoms with E-state index >= 15 is 0 Å². The summed E-state index contributed by atoms with van der Waals surface area (Å²) < 4.78 is 19.6. The molecule has 1 amide bonds. The Morgan fingerprint density at radius 1 is 1.13 bits per heavy atom. The number of aryl methyl sites for hydroxylation is 1. The van der Waals surface area contributed by atoms with E-state index in [0.29, 0.717) is 57.7 Å². The maximum atomic E-state index is 13.4. The highest BCUT2D eigenvalue weighted by Crippen LogP contribution is 2.39. The lowest BCUT2D eigenvalue weighted by Gasteiger charge is -2.33. The molecule has 0 radical (unpaired) electrons. The summed E-state index contributed by atoms with van der Waals surface area (Å²) >= 11 is 6.73. The van der Waals surface area contributed by atoms with E-state index in [0.717, 1.165) is 98.1 Å². The molecule has 2 fully saturated rings. The number of benzene rings is 1. The van der Waals surface area contributed by atoms with Crippen molar-refractivity contribution in [2.75, 3.05) is 69.7 Å². The topological polar surface area (TPSA) is 85.9 Å². The van der Waals surface area contributed by atoms with Crippen molar-refractivity contribution in [3.05, 3.63) is 46.7 Å². The highest BCUT2D eigenvalue weighted by atomic mass is 35.5. The van der Waals surface area contributed by atoms with Crippen molar-refractivity contribution >= 4 is 34.0 Å².